The number of fused-ring (bicyclic) bond motifs is 1. The Bertz CT molecular complexity index is 624. The van der Waals surface area contributed by atoms with Crippen LogP contribution in [0.2, 0.25) is 0 Å². The molecule has 0 spiro atoms. The van der Waals surface area contributed by atoms with Crippen molar-refractivity contribution < 1.29 is 14.3 Å². The van der Waals surface area contributed by atoms with Gasteiger partial charge in [-0.3, -0.25) is 4.98 Å². The standard InChI is InChI=1S/C11H12N2O4/c1-11(2,9(14)15)13-6-3-4-8-7(5-6)12-10(16)17-8/h3-5,13H,1-2H3,(H,12,16)(H,14,15). The lowest BCUT2D eigenvalue weighted by molar-refractivity contribution is -0.141. The number of oxazole rings is 1. The second-order valence-corrected chi connectivity index (χ2v) is 4.28. The summed E-state index contributed by atoms with van der Waals surface area (Å²) in [6.45, 7) is 3.11. The van der Waals surface area contributed by atoms with Crippen molar-refractivity contribution in [2.24, 2.45) is 0 Å². The third-order valence-corrected chi connectivity index (χ3v) is 2.41. The van der Waals surface area contributed by atoms with Gasteiger partial charge in [-0.25, -0.2) is 9.59 Å². The lowest BCUT2D eigenvalue weighted by atomic mass is 10.1. The first-order valence-electron chi connectivity index (χ1n) is 5.03. The van der Waals surface area contributed by atoms with E-state index in [1.807, 2.05) is 0 Å². The summed E-state index contributed by atoms with van der Waals surface area (Å²) in [7, 11) is 0. The molecule has 1 aromatic heterocycles. The molecule has 0 fully saturated rings. The molecular weight excluding hydrogens is 224 g/mol. The average molecular weight is 236 g/mol. The third kappa shape index (κ3) is 2.15. The number of aromatic amines is 1. The average Bonchev–Trinajstić information content (AvgIpc) is 2.56. The minimum Gasteiger partial charge on any atom is -0.480 e. The van der Waals surface area contributed by atoms with Gasteiger partial charge in [-0.05, 0) is 32.0 Å². The Morgan fingerprint density at radius 3 is 2.82 bits per heavy atom. The van der Waals surface area contributed by atoms with Gasteiger partial charge in [0, 0.05) is 5.69 Å². The molecule has 90 valence electrons. The smallest absolute Gasteiger partial charge is 0.417 e. The van der Waals surface area contributed by atoms with Crippen LogP contribution in [0.25, 0.3) is 11.1 Å². The van der Waals surface area contributed by atoms with Gasteiger partial charge in [0.25, 0.3) is 0 Å². The first-order valence-corrected chi connectivity index (χ1v) is 5.03. The lowest BCUT2D eigenvalue weighted by Gasteiger charge is -2.22. The van der Waals surface area contributed by atoms with Crippen LogP contribution in [0, 0.1) is 0 Å². The second kappa shape index (κ2) is 3.65. The maximum Gasteiger partial charge on any atom is 0.417 e. The number of aromatic nitrogens is 1. The molecule has 0 aliphatic heterocycles. The van der Waals surface area contributed by atoms with Crippen LogP contribution in [-0.4, -0.2) is 21.6 Å². The van der Waals surface area contributed by atoms with Gasteiger partial charge >= 0.3 is 11.7 Å². The normalized spacial score (nSPS) is 11.6. The number of nitrogens with one attached hydrogen (secondary N) is 2. The first kappa shape index (κ1) is 11.3. The summed E-state index contributed by atoms with van der Waals surface area (Å²) in [5.41, 5.74) is 0.481. The first-order chi connectivity index (χ1) is 7.88. The number of carboxylic acids is 1. The van der Waals surface area contributed by atoms with E-state index in [4.69, 9.17) is 9.52 Å². The molecule has 1 aromatic carbocycles. The molecule has 17 heavy (non-hydrogen) atoms. The molecule has 3 N–H and O–H groups in total. The summed E-state index contributed by atoms with van der Waals surface area (Å²) in [5, 5.41) is 11.8. The van der Waals surface area contributed by atoms with Crippen LogP contribution in [0.15, 0.2) is 27.4 Å². The number of benzene rings is 1. The number of H-pyrrole nitrogens is 1. The molecule has 2 rings (SSSR count). The van der Waals surface area contributed by atoms with Gasteiger partial charge in [0.2, 0.25) is 0 Å². The summed E-state index contributed by atoms with van der Waals surface area (Å²) >= 11 is 0. The van der Waals surface area contributed by atoms with Gasteiger partial charge in [0.05, 0.1) is 5.52 Å². The fourth-order valence-electron chi connectivity index (χ4n) is 1.44. The van der Waals surface area contributed by atoms with Gasteiger partial charge in [-0.1, -0.05) is 0 Å². The number of carbonyl (C=O) groups is 1. The molecule has 0 amide bonds. The van der Waals surface area contributed by atoms with E-state index in [2.05, 4.69) is 10.3 Å². The topological polar surface area (TPSA) is 95.3 Å². The van der Waals surface area contributed by atoms with Crippen molar-refractivity contribution in [3.05, 3.63) is 28.7 Å². The van der Waals surface area contributed by atoms with E-state index in [1.54, 1.807) is 32.0 Å². The second-order valence-electron chi connectivity index (χ2n) is 4.28. The number of carboxylic acid groups (broad SMARTS) is 1. The molecule has 2 aromatic rings. The van der Waals surface area contributed by atoms with E-state index in [9.17, 15) is 9.59 Å². The largest absolute Gasteiger partial charge is 0.480 e. The molecule has 0 saturated carbocycles. The summed E-state index contributed by atoms with van der Waals surface area (Å²) in [6, 6.07) is 4.89. The maximum absolute atomic E-state index is 11.0. The van der Waals surface area contributed by atoms with Gasteiger partial charge in [-0.2, -0.15) is 0 Å². The van der Waals surface area contributed by atoms with Crippen molar-refractivity contribution in [1.29, 1.82) is 0 Å². The summed E-state index contributed by atoms with van der Waals surface area (Å²) in [6.07, 6.45) is 0. The SMILES string of the molecule is CC(C)(Nc1ccc2oc(=O)[nH]c2c1)C(=O)O. The fraction of sp³-hybridized carbons (Fsp3) is 0.273. The highest BCUT2D eigenvalue weighted by Gasteiger charge is 2.26. The van der Waals surface area contributed by atoms with E-state index in [1.165, 1.54) is 0 Å². The van der Waals surface area contributed by atoms with Gasteiger partial charge < -0.3 is 14.8 Å². The number of rotatable bonds is 3. The van der Waals surface area contributed by atoms with Gasteiger partial charge in [-0.15, -0.1) is 0 Å². The highest BCUT2D eigenvalue weighted by molar-refractivity contribution is 5.83. The molecule has 1 heterocycles. The van der Waals surface area contributed by atoms with E-state index in [0.717, 1.165) is 0 Å². The Hall–Kier alpha value is -2.24. The van der Waals surface area contributed by atoms with Crippen LogP contribution in [0.1, 0.15) is 13.8 Å². The molecule has 6 nitrogen and oxygen atoms in total. The van der Waals surface area contributed by atoms with Crippen LogP contribution in [0.3, 0.4) is 0 Å². The summed E-state index contributed by atoms with van der Waals surface area (Å²) in [4.78, 5) is 24.4. The highest BCUT2D eigenvalue weighted by atomic mass is 16.4. The number of hydrogen-bond acceptors (Lipinski definition) is 4. The van der Waals surface area contributed by atoms with Gasteiger partial charge in [0.1, 0.15) is 5.54 Å². The monoisotopic (exact) mass is 236 g/mol. The molecule has 0 radical (unpaired) electrons. The zero-order valence-electron chi connectivity index (χ0n) is 9.40. The zero-order chi connectivity index (χ0) is 12.6. The molecular formula is C11H12N2O4. The number of anilines is 1. The molecule has 0 aliphatic carbocycles. The molecule has 0 aliphatic rings. The minimum absolute atomic E-state index is 0.439. The Morgan fingerprint density at radius 2 is 2.18 bits per heavy atom. The van der Waals surface area contributed by atoms with E-state index in [0.29, 0.717) is 16.8 Å². The van der Waals surface area contributed by atoms with Crippen LogP contribution in [-0.2, 0) is 4.79 Å². The third-order valence-electron chi connectivity index (χ3n) is 2.41. The van der Waals surface area contributed by atoms with E-state index in [-0.39, 0.29) is 0 Å². The quantitative estimate of drug-likeness (QED) is 0.748. The van der Waals surface area contributed by atoms with Crippen LogP contribution < -0.4 is 11.1 Å². The predicted molar refractivity (Wildman–Crippen MR) is 62.2 cm³/mol. The summed E-state index contributed by atoms with van der Waals surface area (Å²) < 4.78 is 4.85. The minimum atomic E-state index is -1.09. The van der Waals surface area contributed by atoms with Crippen LogP contribution >= 0.6 is 0 Å². The zero-order valence-corrected chi connectivity index (χ0v) is 9.40. The molecule has 0 unspecified atom stereocenters. The Morgan fingerprint density at radius 1 is 1.47 bits per heavy atom. The van der Waals surface area contributed by atoms with Crippen molar-refractivity contribution in [1.82, 2.24) is 4.98 Å². The lowest BCUT2D eigenvalue weighted by Crippen LogP contribution is -2.39. The van der Waals surface area contributed by atoms with E-state index < -0.39 is 17.3 Å². The van der Waals surface area contributed by atoms with Gasteiger partial charge in [0.15, 0.2) is 5.58 Å². The number of aliphatic carboxylic acids is 1. The van der Waals surface area contributed by atoms with Crippen LogP contribution in [0.4, 0.5) is 5.69 Å². The van der Waals surface area contributed by atoms with Crippen molar-refractivity contribution in [3.8, 4) is 0 Å². The predicted octanol–water partition coefficient (Wildman–Crippen LogP) is 1.40. The van der Waals surface area contributed by atoms with Crippen molar-refractivity contribution >= 4 is 22.8 Å². The Labute approximate surface area is 96.3 Å². The number of hydrogen-bond donors (Lipinski definition) is 3. The van der Waals surface area contributed by atoms with E-state index >= 15 is 0 Å². The molecule has 0 bridgehead atoms. The molecule has 6 heteroatoms. The maximum atomic E-state index is 11.0. The van der Waals surface area contributed by atoms with Crippen LogP contribution in [0.5, 0.6) is 0 Å². The highest BCUT2D eigenvalue weighted by Crippen LogP contribution is 2.19. The Balaban J connectivity index is 2.37. The van der Waals surface area contributed by atoms with Crippen molar-refractivity contribution in [2.75, 3.05) is 5.32 Å². The Kier molecular flexibility index (Phi) is 2.42. The molecule has 0 saturated heterocycles. The summed E-state index contributed by atoms with van der Waals surface area (Å²) in [5.74, 6) is -1.49. The molecule has 0 atom stereocenters. The van der Waals surface area contributed by atoms with Crippen molar-refractivity contribution in [2.45, 2.75) is 19.4 Å². The fourth-order valence-corrected chi connectivity index (χ4v) is 1.44. The van der Waals surface area contributed by atoms with Crippen molar-refractivity contribution in [3.63, 3.8) is 0 Å².